The van der Waals surface area contributed by atoms with Gasteiger partial charge in [0.05, 0.1) is 5.92 Å². The van der Waals surface area contributed by atoms with Crippen molar-refractivity contribution >= 4 is 29.0 Å². The van der Waals surface area contributed by atoms with Crippen LogP contribution >= 0.6 is 0 Å². The molecular formula is C22H24N2O3. The van der Waals surface area contributed by atoms with E-state index in [1.54, 1.807) is 29.2 Å². The molecule has 1 saturated heterocycles. The number of hydrogen-bond acceptors (Lipinski definition) is 3. The largest absolute Gasteiger partial charge is 0.326 e. The molecule has 1 atom stereocenters. The molecule has 0 bridgehead atoms. The van der Waals surface area contributed by atoms with Crippen molar-refractivity contribution in [3.8, 4) is 0 Å². The summed E-state index contributed by atoms with van der Waals surface area (Å²) in [6.07, 6.45) is 0.198. The number of amides is 2. The summed E-state index contributed by atoms with van der Waals surface area (Å²) in [6.45, 7) is 6.12. The molecule has 2 aromatic carbocycles. The van der Waals surface area contributed by atoms with E-state index in [0.717, 1.165) is 5.69 Å². The monoisotopic (exact) mass is 364 g/mol. The Bertz CT molecular complexity index is 854. The Morgan fingerprint density at radius 3 is 2.22 bits per heavy atom. The molecule has 27 heavy (non-hydrogen) atoms. The van der Waals surface area contributed by atoms with Crippen LogP contribution in [0, 0.1) is 5.92 Å². The van der Waals surface area contributed by atoms with Gasteiger partial charge in [0, 0.05) is 29.9 Å². The topological polar surface area (TPSA) is 66.5 Å². The van der Waals surface area contributed by atoms with Crippen LogP contribution in [0.1, 0.15) is 49.0 Å². The summed E-state index contributed by atoms with van der Waals surface area (Å²) in [5.41, 5.74) is 3.26. The van der Waals surface area contributed by atoms with E-state index in [4.69, 9.17) is 0 Å². The summed E-state index contributed by atoms with van der Waals surface area (Å²) in [4.78, 5) is 37.9. The number of benzene rings is 2. The van der Waals surface area contributed by atoms with E-state index in [2.05, 4.69) is 19.2 Å². The van der Waals surface area contributed by atoms with E-state index < -0.39 is 5.92 Å². The molecule has 2 amide bonds. The van der Waals surface area contributed by atoms with Crippen molar-refractivity contribution in [3.63, 3.8) is 0 Å². The Hall–Kier alpha value is -2.95. The molecule has 5 nitrogen and oxygen atoms in total. The number of ketones is 1. The van der Waals surface area contributed by atoms with Crippen LogP contribution in [0.15, 0.2) is 48.5 Å². The minimum atomic E-state index is -0.394. The third kappa shape index (κ3) is 4.25. The first-order chi connectivity index (χ1) is 12.8. The molecule has 0 aliphatic carbocycles. The number of Topliss-reactive ketones (excluding diaryl/α,β-unsaturated/α-hetero) is 1. The van der Waals surface area contributed by atoms with Gasteiger partial charge < -0.3 is 10.2 Å². The van der Waals surface area contributed by atoms with Gasteiger partial charge in [-0.3, -0.25) is 14.4 Å². The summed E-state index contributed by atoms with van der Waals surface area (Å²) in [5, 5.41) is 2.84. The molecular weight excluding hydrogens is 340 g/mol. The first-order valence-electron chi connectivity index (χ1n) is 9.17. The van der Waals surface area contributed by atoms with Gasteiger partial charge in [-0.1, -0.05) is 26.0 Å². The lowest BCUT2D eigenvalue weighted by molar-refractivity contribution is -0.122. The lowest BCUT2D eigenvalue weighted by atomic mass is 10.0. The zero-order valence-electron chi connectivity index (χ0n) is 15.9. The SMILES string of the molecule is CC(=O)c1ccc(NC(=O)C2CC(=O)N(c3ccc(C(C)C)cc3)C2)cc1. The molecule has 1 aliphatic rings. The Balaban J connectivity index is 1.65. The van der Waals surface area contributed by atoms with Crippen molar-refractivity contribution in [3.05, 3.63) is 59.7 Å². The highest BCUT2D eigenvalue weighted by Crippen LogP contribution is 2.27. The van der Waals surface area contributed by atoms with Crippen LogP contribution in [0.4, 0.5) is 11.4 Å². The zero-order valence-corrected chi connectivity index (χ0v) is 15.9. The van der Waals surface area contributed by atoms with E-state index >= 15 is 0 Å². The van der Waals surface area contributed by atoms with Gasteiger partial charge in [0.15, 0.2) is 5.78 Å². The average molecular weight is 364 g/mol. The normalized spacial score (nSPS) is 16.7. The molecule has 1 aliphatic heterocycles. The van der Waals surface area contributed by atoms with Gasteiger partial charge >= 0.3 is 0 Å². The third-order valence-electron chi connectivity index (χ3n) is 4.93. The predicted molar refractivity (Wildman–Crippen MR) is 106 cm³/mol. The predicted octanol–water partition coefficient (Wildman–Crippen LogP) is 4.00. The molecule has 3 rings (SSSR count). The van der Waals surface area contributed by atoms with Crippen LogP contribution in [-0.2, 0) is 9.59 Å². The molecule has 2 aromatic rings. The van der Waals surface area contributed by atoms with Gasteiger partial charge in [-0.2, -0.15) is 0 Å². The lowest BCUT2D eigenvalue weighted by Gasteiger charge is -2.18. The van der Waals surface area contributed by atoms with Gasteiger partial charge in [-0.15, -0.1) is 0 Å². The lowest BCUT2D eigenvalue weighted by Crippen LogP contribution is -2.28. The summed E-state index contributed by atoms with van der Waals surface area (Å²) in [5.74, 6) is -0.205. The van der Waals surface area contributed by atoms with Crippen molar-refractivity contribution in [2.24, 2.45) is 5.92 Å². The summed E-state index contributed by atoms with van der Waals surface area (Å²) < 4.78 is 0. The molecule has 1 N–H and O–H groups in total. The molecule has 140 valence electrons. The number of hydrogen-bond donors (Lipinski definition) is 1. The first-order valence-corrected chi connectivity index (χ1v) is 9.17. The highest BCUT2D eigenvalue weighted by molar-refractivity contribution is 6.03. The maximum absolute atomic E-state index is 12.5. The van der Waals surface area contributed by atoms with E-state index in [0.29, 0.717) is 23.7 Å². The number of rotatable bonds is 5. The van der Waals surface area contributed by atoms with Crippen LogP contribution in [-0.4, -0.2) is 24.1 Å². The second-order valence-corrected chi connectivity index (χ2v) is 7.27. The van der Waals surface area contributed by atoms with Crippen molar-refractivity contribution in [1.29, 1.82) is 0 Å². The zero-order chi connectivity index (χ0) is 19.6. The third-order valence-corrected chi connectivity index (χ3v) is 4.93. The number of nitrogens with zero attached hydrogens (tertiary/aromatic N) is 1. The first kappa shape index (κ1) is 18.8. The maximum atomic E-state index is 12.5. The Kier molecular flexibility index (Phi) is 5.40. The molecule has 5 heteroatoms. The fourth-order valence-electron chi connectivity index (χ4n) is 3.20. The fraction of sp³-hybridized carbons (Fsp3) is 0.318. The standard InChI is InChI=1S/C22H24N2O3/c1-14(2)16-6-10-20(11-7-16)24-13-18(12-21(24)26)22(27)23-19-8-4-17(5-9-19)15(3)25/h4-11,14,18H,12-13H2,1-3H3,(H,23,27). The molecule has 0 aromatic heterocycles. The highest BCUT2D eigenvalue weighted by atomic mass is 16.2. The molecule has 1 fully saturated rings. The summed E-state index contributed by atoms with van der Waals surface area (Å²) in [6, 6.07) is 14.7. The molecule has 0 radical (unpaired) electrons. The molecule has 0 saturated carbocycles. The number of carbonyl (C=O) groups is 3. The fourth-order valence-corrected chi connectivity index (χ4v) is 3.20. The van der Waals surface area contributed by atoms with E-state index in [1.165, 1.54) is 12.5 Å². The second-order valence-electron chi connectivity index (χ2n) is 7.27. The maximum Gasteiger partial charge on any atom is 0.229 e. The van der Waals surface area contributed by atoms with E-state index in [9.17, 15) is 14.4 Å². The Morgan fingerprint density at radius 1 is 1.04 bits per heavy atom. The van der Waals surface area contributed by atoms with Gasteiger partial charge in [-0.25, -0.2) is 0 Å². The van der Waals surface area contributed by atoms with E-state index in [-0.39, 0.29) is 24.0 Å². The van der Waals surface area contributed by atoms with Crippen LogP contribution in [0.25, 0.3) is 0 Å². The number of anilines is 2. The molecule has 1 heterocycles. The minimum absolute atomic E-state index is 0.0200. The summed E-state index contributed by atoms with van der Waals surface area (Å²) in [7, 11) is 0. The van der Waals surface area contributed by atoms with Crippen molar-refractivity contribution in [2.75, 3.05) is 16.8 Å². The van der Waals surface area contributed by atoms with Gasteiger partial charge in [0.1, 0.15) is 0 Å². The second kappa shape index (κ2) is 7.74. The van der Waals surface area contributed by atoms with Crippen LogP contribution in [0.3, 0.4) is 0 Å². The van der Waals surface area contributed by atoms with Gasteiger partial charge in [-0.05, 0) is 54.8 Å². The minimum Gasteiger partial charge on any atom is -0.326 e. The van der Waals surface area contributed by atoms with E-state index in [1.807, 2.05) is 24.3 Å². The van der Waals surface area contributed by atoms with Crippen LogP contribution in [0.5, 0.6) is 0 Å². The molecule has 1 unspecified atom stereocenters. The number of nitrogens with one attached hydrogen (secondary N) is 1. The van der Waals surface area contributed by atoms with Crippen molar-refractivity contribution in [2.45, 2.75) is 33.1 Å². The van der Waals surface area contributed by atoms with Crippen LogP contribution in [0.2, 0.25) is 0 Å². The number of carbonyl (C=O) groups excluding carboxylic acids is 3. The Morgan fingerprint density at radius 2 is 1.67 bits per heavy atom. The molecule has 0 spiro atoms. The van der Waals surface area contributed by atoms with Gasteiger partial charge in [0.25, 0.3) is 0 Å². The average Bonchev–Trinajstić information content (AvgIpc) is 3.04. The van der Waals surface area contributed by atoms with Crippen molar-refractivity contribution < 1.29 is 14.4 Å². The Labute approximate surface area is 159 Å². The summed E-state index contributed by atoms with van der Waals surface area (Å²) >= 11 is 0. The smallest absolute Gasteiger partial charge is 0.229 e. The van der Waals surface area contributed by atoms with Gasteiger partial charge in [0.2, 0.25) is 11.8 Å². The van der Waals surface area contributed by atoms with Crippen molar-refractivity contribution in [1.82, 2.24) is 0 Å². The highest BCUT2D eigenvalue weighted by Gasteiger charge is 2.35. The van der Waals surface area contributed by atoms with Crippen LogP contribution < -0.4 is 10.2 Å². The quantitative estimate of drug-likeness (QED) is 0.816.